The lowest BCUT2D eigenvalue weighted by molar-refractivity contribution is -0.119. The van der Waals surface area contributed by atoms with Gasteiger partial charge in [0.15, 0.2) is 6.61 Å². The lowest BCUT2D eigenvalue weighted by Gasteiger charge is -2.07. The normalized spacial score (nSPS) is 10.2. The Bertz CT molecular complexity index is 876. The van der Waals surface area contributed by atoms with E-state index in [1.807, 2.05) is 4.98 Å². The number of aromatic nitrogens is 2. The number of anilines is 1. The minimum atomic E-state index is -1.09. The van der Waals surface area contributed by atoms with Crippen molar-refractivity contribution in [2.45, 2.75) is 0 Å². The molecular formula is C13H9ClFN3O5. The van der Waals surface area contributed by atoms with Gasteiger partial charge in [-0.25, -0.2) is 14.0 Å². The maximum Gasteiger partial charge on any atom is 0.345 e. The number of carbonyl (C=O) groups excluding carboxylic acids is 2. The number of aromatic amines is 2. The smallest absolute Gasteiger partial charge is 0.345 e. The molecule has 1 aromatic heterocycles. The fraction of sp³-hybridized carbons (Fsp3) is 0.0769. The second kappa shape index (κ2) is 6.88. The number of esters is 1. The second-order valence-electron chi connectivity index (χ2n) is 4.23. The molecule has 0 fully saturated rings. The van der Waals surface area contributed by atoms with E-state index in [4.69, 9.17) is 11.6 Å². The van der Waals surface area contributed by atoms with Crippen LogP contribution in [0.15, 0.2) is 34.0 Å². The van der Waals surface area contributed by atoms with Crippen LogP contribution in [0.2, 0.25) is 5.02 Å². The highest BCUT2D eigenvalue weighted by Gasteiger charge is 2.15. The molecule has 1 aromatic carbocycles. The van der Waals surface area contributed by atoms with Crippen LogP contribution in [0, 0.1) is 5.82 Å². The molecule has 0 saturated carbocycles. The second-order valence-corrected chi connectivity index (χ2v) is 4.64. The summed E-state index contributed by atoms with van der Waals surface area (Å²) in [5.41, 5.74) is -2.05. The molecule has 2 rings (SSSR count). The van der Waals surface area contributed by atoms with Gasteiger partial charge in [0.1, 0.15) is 11.4 Å². The van der Waals surface area contributed by atoms with Gasteiger partial charge in [-0.15, -0.1) is 0 Å². The zero-order valence-corrected chi connectivity index (χ0v) is 12.1. The molecule has 0 aliphatic carbocycles. The van der Waals surface area contributed by atoms with E-state index in [-0.39, 0.29) is 10.7 Å². The lowest BCUT2D eigenvalue weighted by atomic mass is 10.3. The molecule has 0 aliphatic rings. The molecule has 1 amide bonds. The summed E-state index contributed by atoms with van der Waals surface area (Å²) >= 11 is 5.73. The number of ether oxygens (including phenoxy) is 1. The first-order chi connectivity index (χ1) is 10.9. The van der Waals surface area contributed by atoms with Gasteiger partial charge in [0.05, 0.1) is 10.7 Å². The summed E-state index contributed by atoms with van der Waals surface area (Å²) in [5, 5.41) is 2.28. The van der Waals surface area contributed by atoms with Gasteiger partial charge in [0, 0.05) is 6.20 Å². The lowest BCUT2D eigenvalue weighted by Crippen LogP contribution is -2.29. The monoisotopic (exact) mass is 341 g/mol. The van der Waals surface area contributed by atoms with Crippen LogP contribution in [0.1, 0.15) is 10.4 Å². The molecule has 0 radical (unpaired) electrons. The summed E-state index contributed by atoms with van der Waals surface area (Å²) in [6.07, 6.45) is 0.873. The molecule has 0 saturated heterocycles. The van der Waals surface area contributed by atoms with Gasteiger partial charge in [-0.3, -0.25) is 14.6 Å². The third-order valence-corrected chi connectivity index (χ3v) is 2.89. The van der Waals surface area contributed by atoms with Crippen LogP contribution >= 0.6 is 11.6 Å². The molecule has 1 heterocycles. The predicted octanol–water partition coefficient (Wildman–Crippen LogP) is 0.651. The van der Waals surface area contributed by atoms with Crippen molar-refractivity contribution in [2.24, 2.45) is 0 Å². The van der Waals surface area contributed by atoms with Crippen molar-refractivity contribution in [2.75, 3.05) is 11.9 Å². The molecular weight excluding hydrogens is 333 g/mol. The van der Waals surface area contributed by atoms with Gasteiger partial charge in [-0.1, -0.05) is 11.6 Å². The molecule has 3 N–H and O–H groups in total. The largest absolute Gasteiger partial charge is 0.452 e. The summed E-state index contributed by atoms with van der Waals surface area (Å²) in [5.74, 6) is -2.41. The van der Waals surface area contributed by atoms with Crippen molar-refractivity contribution >= 4 is 29.2 Å². The summed E-state index contributed by atoms with van der Waals surface area (Å²) < 4.78 is 17.5. The molecule has 0 spiro atoms. The molecule has 10 heteroatoms. The van der Waals surface area contributed by atoms with Gasteiger partial charge in [0.25, 0.3) is 11.5 Å². The van der Waals surface area contributed by atoms with E-state index in [0.29, 0.717) is 0 Å². The fourth-order valence-corrected chi connectivity index (χ4v) is 1.76. The number of halogens is 2. The summed E-state index contributed by atoms with van der Waals surface area (Å²) in [7, 11) is 0. The van der Waals surface area contributed by atoms with E-state index in [2.05, 4.69) is 15.0 Å². The van der Waals surface area contributed by atoms with Gasteiger partial charge >= 0.3 is 11.7 Å². The Morgan fingerprint density at radius 2 is 2.04 bits per heavy atom. The molecule has 2 aromatic rings. The standard InChI is InChI=1S/C13H9ClFN3O5/c14-8-3-6(15)1-2-9(8)17-10(19)5-23-12(21)7-4-16-13(22)18-11(7)20/h1-4H,5H2,(H,17,19)(H2,16,18,20,22). The van der Waals surface area contributed by atoms with Crippen molar-refractivity contribution in [3.8, 4) is 0 Å². The van der Waals surface area contributed by atoms with Gasteiger partial charge in [-0.05, 0) is 18.2 Å². The first kappa shape index (κ1) is 16.4. The molecule has 0 bridgehead atoms. The third-order valence-electron chi connectivity index (χ3n) is 2.58. The van der Waals surface area contributed by atoms with Crippen LogP contribution in [0.3, 0.4) is 0 Å². The Labute approximate surface area is 132 Å². The van der Waals surface area contributed by atoms with Crippen LogP contribution < -0.4 is 16.6 Å². The molecule has 8 nitrogen and oxygen atoms in total. The first-order valence-electron chi connectivity index (χ1n) is 6.11. The summed E-state index contributed by atoms with van der Waals surface area (Å²) in [4.78, 5) is 49.4. The number of rotatable bonds is 4. The van der Waals surface area contributed by atoms with Crippen molar-refractivity contribution in [3.63, 3.8) is 0 Å². The molecule has 0 unspecified atom stereocenters. The number of carbonyl (C=O) groups is 2. The zero-order valence-electron chi connectivity index (χ0n) is 11.3. The number of hydrogen-bond donors (Lipinski definition) is 3. The first-order valence-corrected chi connectivity index (χ1v) is 6.48. The highest BCUT2D eigenvalue weighted by Crippen LogP contribution is 2.22. The number of benzene rings is 1. The molecule has 120 valence electrons. The molecule has 0 aliphatic heterocycles. The van der Waals surface area contributed by atoms with Gasteiger partial charge in [-0.2, -0.15) is 0 Å². The average molecular weight is 342 g/mol. The summed E-state index contributed by atoms with van der Waals surface area (Å²) in [6.45, 7) is -0.703. The quantitative estimate of drug-likeness (QED) is 0.705. The Balaban J connectivity index is 1.97. The SMILES string of the molecule is O=C(COC(=O)c1c[nH]c(=O)[nH]c1=O)Nc1ccc(F)cc1Cl. The van der Waals surface area contributed by atoms with E-state index >= 15 is 0 Å². The number of amides is 1. The number of nitrogens with one attached hydrogen (secondary N) is 3. The van der Waals surface area contributed by atoms with Gasteiger partial charge in [0.2, 0.25) is 0 Å². The Kier molecular flexibility index (Phi) is 4.91. The third kappa shape index (κ3) is 4.27. The Hall–Kier alpha value is -2.94. The minimum absolute atomic E-state index is 0.0262. The van der Waals surface area contributed by atoms with Crippen molar-refractivity contribution < 1.29 is 18.7 Å². The highest BCUT2D eigenvalue weighted by molar-refractivity contribution is 6.33. The maximum atomic E-state index is 12.9. The Morgan fingerprint density at radius 3 is 2.70 bits per heavy atom. The van der Waals surface area contributed by atoms with Crippen molar-refractivity contribution in [1.82, 2.24) is 9.97 Å². The van der Waals surface area contributed by atoms with E-state index in [1.54, 1.807) is 0 Å². The number of H-pyrrole nitrogens is 2. The van der Waals surface area contributed by atoms with Crippen molar-refractivity contribution in [3.05, 3.63) is 61.6 Å². The van der Waals surface area contributed by atoms with E-state index < -0.39 is 41.1 Å². The van der Waals surface area contributed by atoms with E-state index in [1.165, 1.54) is 6.07 Å². The highest BCUT2D eigenvalue weighted by atomic mass is 35.5. The Morgan fingerprint density at radius 1 is 1.30 bits per heavy atom. The topological polar surface area (TPSA) is 121 Å². The molecule has 23 heavy (non-hydrogen) atoms. The average Bonchev–Trinajstić information content (AvgIpc) is 2.48. The maximum absolute atomic E-state index is 12.9. The van der Waals surface area contributed by atoms with Crippen LogP contribution in [0.25, 0.3) is 0 Å². The summed E-state index contributed by atoms with van der Waals surface area (Å²) in [6, 6.07) is 3.33. The fourth-order valence-electron chi connectivity index (χ4n) is 1.55. The van der Waals surface area contributed by atoms with Crippen LogP contribution in [-0.4, -0.2) is 28.5 Å². The predicted molar refractivity (Wildman–Crippen MR) is 78.0 cm³/mol. The molecule has 0 atom stereocenters. The van der Waals surface area contributed by atoms with E-state index in [0.717, 1.165) is 18.3 Å². The van der Waals surface area contributed by atoms with E-state index in [9.17, 15) is 23.6 Å². The van der Waals surface area contributed by atoms with Crippen LogP contribution in [0.5, 0.6) is 0 Å². The zero-order chi connectivity index (χ0) is 17.0. The number of hydrogen-bond acceptors (Lipinski definition) is 5. The van der Waals surface area contributed by atoms with Crippen molar-refractivity contribution in [1.29, 1.82) is 0 Å². The van der Waals surface area contributed by atoms with Crippen LogP contribution in [0.4, 0.5) is 10.1 Å². The van der Waals surface area contributed by atoms with Gasteiger partial charge < -0.3 is 15.0 Å². The van der Waals surface area contributed by atoms with Crippen LogP contribution in [-0.2, 0) is 9.53 Å². The minimum Gasteiger partial charge on any atom is -0.452 e.